The molecule has 7 nitrogen and oxygen atoms in total. The van der Waals surface area contributed by atoms with Crippen molar-refractivity contribution in [3.05, 3.63) is 17.7 Å². The van der Waals surface area contributed by atoms with E-state index in [4.69, 9.17) is 14.2 Å². The first-order chi connectivity index (χ1) is 11.0. The summed E-state index contributed by atoms with van der Waals surface area (Å²) in [6, 6.07) is 2.84. The summed E-state index contributed by atoms with van der Waals surface area (Å²) < 4.78 is 15.9. The van der Waals surface area contributed by atoms with E-state index in [9.17, 15) is 14.7 Å². The lowest BCUT2D eigenvalue weighted by Gasteiger charge is -2.27. The van der Waals surface area contributed by atoms with E-state index in [1.165, 1.54) is 21.3 Å². The number of carbonyl (C=O) groups is 2. The maximum atomic E-state index is 12.1. The van der Waals surface area contributed by atoms with Crippen LogP contribution in [0.3, 0.4) is 0 Å². The highest BCUT2D eigenvalue weighted by Gasteiger charge is 2.44. The number of aliphatic carboxylic acids is 1. The molecule has 2 atom stereocenters. The van der Waals surface area contributed by atoms with Crippen molar-refractivity contribution in [3.8, 4) is 17.2 Å². The summed E-state index contributed by atoms with van der Waals surface area (Å²) in [6.07, 6.45) is -0.00942. The fourth-order valence-electron chi connectivity index (χ4n) is 3.07. The monoisotopic (exact) mass is 323 g/mol. The Morgan fingerprint density at radius 2 is 1.78 bits per heavy atom. The molecule has 1 fully saturated rings. The number of hydrogen-bond acceptors (Lipinski definition) is 5. The molecule has 1 aromatic carbocycles. The maximum Gasteiger partial charge on any atom is 0.309 e. The van der Waals surface area contributed by atoms with Crippen LogP contribution in [-0.2, 0) is 9.59 Å². The van der Waals surface area contributed by atoms with Crippen molar-refractivity contribution < 1.29 is 28.9 Å². The minimum atomic E-state index is -0.993. The maximum absolute atomic E-state index is 12.1. The first kappa shape index (κ1) is 16.9. The lowest BCUT2D eigenvalue weighted by molar-refractivity contribution is -0.142. The predicted octanol–water partition coefficient (Wildman–Crippen LogP) is 1.71. The van der Waals surface area contributed by atoms with E-state index in [-0.39, 0.29) is 12.3 Å². The summed E-state index contributed by atoms with van der Waals surface area (Å²) in [5, 5.41) is 9.46. The van der Waals surface area contributed by atoms with Crippen molar-refractivity contribution in [2.75, 3.05) is 27.9 Å². The predicted molar refractivity (Wildman–Crippen MR) is 82.0 cm³/mol. The number of amides is 1. The molecule has 1 aliphatic rings. The second kappa shape index (κ2) is 6.76. The zero-order valence-corrected chi connectivity index (χ0v) is 13.7. The third kappa shape index (κ3) is 2.91. The first-order valence-electron chi connectivity index (χ1n) is 7.30. The molecule has 1 aliphatic heterocycles. The van der Waals surface area contributed by atoms with Crippen LogP contribution in [0.5, 0.6) is 17.2 Å². The molecule has 126 valence electrons. The number of carbonyl (C=O) groups excluding carboxylic acids is 1. The molecule has 0 aromatic heterocycles. The zero-order chi connectivity index (χ0) is 17.1. The van der Waals surface area contributed by atoms with Crippen molar-refractivity contribution in [3.63, 3.8) is 0 Å². The second-order valence-electron chi connectivity index (χ2n) is 5.23. The third-order valence-corrected chi connectivity index (χ3v) is 4.12. The number of carboxylic acids is 1. The van der Waals surface area contributed by atoms with Gasteiger partial charge in [-0.15, -0.1) is 0 Å². The fraction of sp³-hybridized carbons (Fsp3) is 0.500. The Kier molecular flexibility index (Phi) is 4.98. The average Bonchev–Trinajstić information content (AvgIpc) is 2.89. The Morgan fingerprint density at radius 3 is 2.17 bits per heavy atom. The molecule has 0 radical (unpaired) electrons. The lowest BCUT2D eigenvalue weighted by atomic mass is 9.93. The molecule has 1 saturated heterocycles. The van der Waals surface area contributed by atoms with Crippen molar-refractivity contribution >= 4 is 11.9 Å². The van der Waals surface area contributed by atoms with Crippen LogP contribution in [0.1, 0.15) is 24.9 Å². The number of benzene rings is 1. The van der Waals surface area contributed by atoms with E-state index < -0.39 is 17.9 Å². The van der Waals surface area contributed by atoms with Gasteiger partial charge in [0.1, 0.15) is 0 Å². The molecule has 2 rings (SSSR count). The largest absolute Gasteiger partial charge is 0.493 e. The Labute approximate surface area is 134 Å². The van der Waals surface area contributed by atoms with Crippen molar-refractivity contribution in [2.45, 2.75) is 19.4 Å². The SMILES string of the molecule is CCN1C(=O)C[C@H](C(=O)O)[C@H]1c1cc(OC)c(OC)c(OC)c1. The molecule has 0 spiro atoms. The van der Waals surface area contributed by atoms with Gasteiger partial charge in [-0.2, -0.15) is 0 Å². The van der Waals surface area contributed by atoms with Gasteiger partial charge in [-0.25, -0.2) is 0 Å². The zero-order valence-electron chi connectivity index (χ0n) is 13.7. The van der Waals surface area contributed by atoms with E-state index >= 15 is 0 Å². The molecule has 1 aromatic rings. The van der Waals surface area contributed by atoms with Crippen LogP contribution in [-0.4, -0.2) is 49.8 Å². The molecule has 23 heavy (non-hydrogen) atoms. The number of carboxylic acid groups (broad SMARTS) is 1. The van der Waals surface area contributed by atoms with Crippen LogP contribution in [0.2, 0.25) is 0 Å². The van der Waals surface area contributed by atoms with Crippen LogP contribution in [0.25, 0.3) is 0 Å². The Hall–Kier alpha value is -2.44. The molecule has 0 aliphatic carbocycles. The van der Waals surface area contributed by atoms with Gasteiger partial charge in [0.2, 0.25) is 11.7 Å². The fourth-order valence-corrected chi connectivity index (χ4v) is 3.07. The first-order valence-corrected chi connectivity index (χ1v) is 7.30. The third-order valence-electron chi connectivity index (χ3n) is 4.12. The Morgan fingerprint density at radius 1 is 1.22 bits per heavy atom. The summed E-state index contributed by atoms with van der Waals surface area (Å²) in [5.74, 6) is -0.669. The van der Waals surface area contributed by atoms with Crippen LogP contribution >= 0.6 is 0 Å². The molecule has 0 unspecified atom stereocenters. The lowest BCUT2D eigenvalue weighted by Crippen LogP contribution is -2.30. The highest BCUT2D eigenvalue weighted by Crippen LogP contribution is 2.45. The van der Waals surface area contributed by atoms with Crippen LogP contribution < -0.4 is 14.2 Å². The molecular weight excluding hydrogens is 302 g/mol. The molecule has 1 heterocycles. The van der Waals surface area contributed by atoms with E-state index in [1.807, 2.05) is 6.92 Å². The summed E-state index contributed by atoms with van der Waals surface area (Å²) in [5.41, 5.74) is 0.652. The van der Waals surface area contributed by atoms with Crippen LogP contribution in [0, 0.1) is 5.92 Å². The standard InChI is InChI=1S/C16H21NO6/c1-5-17-13(18)8-10(16(19)20)14(17)9-6-11(21-2)15(23-4)12(7-9)22-3/h6-7,10,14H,5,8H2,1-4H3,(H,19,20)/t10-,14+/m0/s1. The summed E-state index contributed by atoms with van der Waals surface area (Å²) >= 11 is 0. The second-order valence-corrected chi connectivity index (χ2v) is 5.23. The minimum absolute atomic E-state index is 0.00942. The quantitative estimate of drug-likeness (QED) is 0.858. The molecule has 7 heteroatoms. The van der Waals surface area contributed by atoms with Crippen LogP contribution in [0.4, 0.5) is 0 Å². The van der Waals surface area contributed by atoms with Crippen molar-refractivity contribution in [1.29, 1.82) is 0 Å². The van der Waals surface area contributed by atoms with Gasteiger partial charge in [0.05, 0.1) is 33.3 Å². The van der Waals surface area contributed by atoms with E-state index in [2.05, 4.69) is 0 Å². The average molecular weight is 323 g/mol. The molecular formula is C16H21NO6. The van der Waals surface area contributed by atoms with Gasteiger partial charge in [0, 0.05) is 13.0 Å². The van der Waals surface area contributed by atoms with E-state index in [0.29, 0.717) is 29.4 Å². The molecule has 0 bridgehead atoms. The topological polar surface area (TPSA) is 85.3 Å². The van der Waals surface area contributed by atoms with Gasteiger partial charge >= 0.3 is 5.97 Å². The Bertz CT molecular complexity index is 590. The number of nitrogens with zero attached hydrogens (tertiary/aromatic N) is 1. The van der Waals surface area contributed by atoms with Gasteiger partial charge in [0.25, 0.3) is 0 Å². The Balaban J connectivity index is 2.57. The number of rotatable bonds is 6. The van der Waals surface area contributed by atoms with Crippen molar-refractivity contribution in [1.82, 2.24) is 4.90 Å². The van der Waals surface area contributed by atoms with Gasteiger partial charge in [-0.3, -0.25) is 9.59 Å². The number of methoxy groups -OCH3 is 3. The number of likely N-dealkylation sites (tertiary alicyclic amines) is 1. The summed E-state index contributed by atoms with van der Waals surface area (Å²) in [4.78, 5) is 25.2. The van der Waals surface area contributed by atoms with Crippen LogP contribution in [0.15, 0.2) is 12.1 Å². The van der Waals surface area contributed by atoms with Gasteiger partial charge in [-0.05, 0) is 24.6 Å². The van der Waals surface area contributed by atoms with Gasteiger partial charge in [-0.1, -0.05) is 0 Å². The number of ether oxygens (including phenoxy) is 3. The molecule has 1 N–H and O–H groups in total. The molecule has 0 saturated carbocycles. The van der Waals surface area contributed by atoms with Crippen molar-refractivity contribution in [2.24, 2.45) is 5.92 Å². The number of hydrogen-bond donors (Lipinski definition) is 1. The van der Waals surface area contributed by atoms with E-state index in [0.717, 1.165) is 0 Å². The summed E-state index contributed by atoms with van der Waals surface area (Å²) in [7, 11) is 4.48. The highest BCUT2D eigenvalue weighted by atomic mass is 16.5. The smallest absolute Gasteiger partial charge is 0.309 e. The summed E-state index contributed by atoms with van der Waals surface area (Å²) in [6.45, 7) is 2.26. The van der Waals surface area contributed by atoms with Gasteiger partial charge < -0.3 is 24.2 Å². The highest BCUT2D eigenvalue weighted by molar-refractivity contribution is 5.87. The van der Waals surface area contributed by atoms with E-state index in [1.54, 1.807) is 17.0 Å². The normalized spacial score (nSPS) is 20.5. The molecule has 1 amide bonds. The minimum Gasteiger partial charge on any atom is -0.493 e. The van der Waals surface area contributed by atoms with Gasteiger partial charge in [0.15, 0.2) is 11.5 Å².